The number of methoxy groups -OCH3 is 1. The Labute approximate surface area is 225 Å². The molecule has 2 rings (SSSR count). The molecule has 0 spiro atoms. The second-order valence-corrected chi connectivity index (χ2v) is 9.03. The van der Waals surface area contributed by atoms with E-state index in [2.05, 4.69) is 11.3 Å². The Morgan fingerprint density at radius 2 is 1.50 bits per heavy atom. The molecule has 0 aliphatic rings. The highest BCUT2D eigenvalue weighted by molar-refractivity contribution is 5.91. The number of rotatable bonds is 16. The van der Waals surface area contributed by atoms with E-state index >= 15 is 0 Å². The zero-order valence-electron chi connectivity index (χ0n) is 22.6. The summed E-state index contributed by atoms with van der Waals surface area (Å²) in [4.78, 5) is 35.1. The first-order valence-corrected chi connectivity index (χ1v) is 12.9. The largest absolute Gasteiger partial charge is 0.494 e. The Hall–Kier alpha value is -3.87. The average Bonchev–Trinajstić information content (AvgIpc) is 2.91. The third-order valence-electron chi connectivity index (χ3n) is 5.74. The minimum absolute atomic E-state index is 0.315. The molecule has 0 aliphatic carbocycles. The van der Waals surface area contributed by atoms with Crippen molar-refractivity contribution in [1.29, 1.82) is 0 Å². The number of hydrogen-bond acceptors (Lipinski definition) is 7. The van der Waals surface area contributed by atoms with Crippen LogP contribution in [0.3, 0.4) is 0 Å². The zero-order chi connectivity index (χ0) is 27.8. The van der Waals surface area contributed by atoms with Crippen LogP contribution in [0.1, 0.15) is 73.4 Å². The van der Waals surface area contributed by atoms with Gasteiger partial charge in [0.15, 0.2) is 0 Å². The summed E-state index contributed by atoms with van der Waals surface area (Å²) in [6.07, 6.45) is 10.4. The summed E-state index contributed by atoms with van der Waals surface area (Å²) in [5, 5.41) is 0. The predicted octanol–water partition coefficient (Wildman–Crippen LogP) is 6.63. The van der Waals surface area contributed by atoms with Gasteiger partial charge in [-0.15, -0.1) is 0 Å². The number of carbonyl (C=O) groups is 3. The average molecular weight is 523 g/mol. The van der Waals surface area contributed by atoms with E-state index in [1.807, 2.05) is 13.0 Å². The molecule has 7 heteroatoms. The Balaban J connectivity index is 1.63. The number of ether oxygens (including phenoxy) is 4. The van der Waals surface area contributed by atoms with Crippen LogP contribution in [-0.4, -0.2) is 38.2 Å². The summed E-state index contributed by atoms with van der Waals surface area (Å²) in [7, 11) is 1.32. The fourth-order valence-corrected chi connectivity index (χ4v) is 3.54. The Bertz CT molecular complexity index is 1100. The summed E-state index contributed by atoms with van der Waals surface area (Å²) >= 11 is 0. The van der Waals surface area contributed by atoms with Crippen molar-refractivity contribution in [3.63, 3.8) is 0 Å². The second-order valence-electron chi connectivity index (χ2n) is 9.03. The highest BCUT2D eigenvalue weighted by atomic mass is 16.5. The standard InChI is InChI=1S/C31H38O7/c1-23(2)30(33)37-21-11-9-7-5-6-8-10-20-36-27-16-14-26(15-17-27)31(34)38-28-18-12-25(22-24(28)3)13-19-29(32)35-4/h12-19,22H,1,5-11,20-21H2,2-4H3. The van der Waals surface area contributed by atoms with Crippen LogP contribution in [0.2, 0.25) is 0 Å². The maximum Gasteiger partial charge on any atom is 0.343 e. The Morgan fingerprint density at radius 1 is 0.868 bits per heavy atom. The smallest absolute Gasteiger partial charge is 0.343 e. The molecular formula is C31H38O7. The van der Waals surface area contributed by atoms with Gasteiger partial charge < -0.3 is 18.9 Å². The van der Waals surface area contributed by atoms with E-state index in [0.717, 1.165) is 56.1 Å². The molecular weight excluding hydrogens is 484 g/mol. The lowest BCUT2D eigenvalue weighted by Crippen LogP contribution is -2.09. The highest BCUT2D eigenvalue weighted by Crippen LogP contribution is 2.22. The van der Waals surface area contributed by atoms with E-state index < -0.39 is 11.9 Å². The monoisotopic (exact) mass is 522 g/mol. The van der Waals surface area contributed by atoms with Gasteiger partial charge in [0.25, 0.3) is 0 Å². The molecule has 0 aromatic heterocycles. The van der Waals surface area contributed by atoms with Crippen molar-refractivity contribution in [2.45, 2.75) is 58.8 Å². The van der Waals surface area contributed by atoms with Gasteiger partial charge in [0, 0.05) is 11.6 Å². The fourth-order valence-electron chi connectivity index (χ4n) is 3.54. The number of esters is 3. The van der Waals surface area contributed by atoms with Crippen LogP contribution in [0.5, 0.6) is 11.5 Å². The molecule has 0 amide bonds. The summed E-state index contributed by atoms with van der Waals surface area (Å²) in [6, 6.07) is 12.2. The molecule has 38 heavy (non-hydrogen) atoms. The first-order valence-electron chi connectivity index (χ1n) is 12.9. The van der Waals surface area contributed by atoms with Crippen LogP contribution in [0.4, 0.5) is 0 Å². The molecule has 204 valence electrons. The third-order valence-corrected chi connectivity index (χ3v) is 5.74. The molecule has 0 unspecified atom stereocenters. The van der Waals surface area contributed by atoms with Gasteiger partial charge in [-0.05, 0) is 80.3 Å². The number of carbonyl (C=O) groups excluding carboxylic acids is 3. The van der Waals surface area contributed by atoms with Crippen molar-refractivity contribution in [2.75, 3.05) is 20.3 Å². The maximum absolute atomic E-state index is 12.6. The van der Waals surface area contributed by atoms with Crippen molar-refractivity contribution in [2.24, 2.45) is 0 Å². The van der Waals surface area contributed by atoms with Crippen molar-refractivity contribution >= 4 is 24.0 Å². The van der Waals surface area contributed by atoms with E-state index in [1.165, 1.54) is 13.2 Å². The van der Waals surface area contributed by atoms with Gasteiger partial charge in [0.1, 0.15) is 11.5 Å². The Morgan fingerprint density at radius 3 is 2.11 bits per heavy atom. The van der Waals surface area contributed by atoms with Crippen LogP contribution < -0.4 is 9.47 Å². The number of hydrogen-bond donors (Lipinski definition) is 0. The maximum atomic E-state index is 12.6. The molecule has 0 atom stereocenters. The summed E-state index contributed by atoms with van der Waals surface area (Å²) in [5.41, 5.74) is 2.44. The van der Waals surface area contributed by atoms with Crippen molar-refractivity contribution < 1.29 is 33.3 Å². The summed E-state index contributed by atoms with van der Waals surface area (Å²) < 4.78 is 21.0. The molecule has 0 saturated carbocycles. The van der Waals surface area contributed by atoms with Gasteiger partial charge in [-0.1, -0.05) is 44.7 Å². The fraction of sp³-hybridized carbons (Fsp3) is 0.387. The van der Waals surface area contributed by atoms with E-state index in [0.29, 0.717) is 35.8 Å². The van der Waals surface area contributed by atoms with Crippen LogP contribution >= 0.6 is 0 Å². The van der Waals surface area contributed by atoms with Crippen LogP contribution in [-0.2, 0) is 19.1 Å². The highest BCUT2D eigenvalue weighted by Gasteiger charge is 2.11. The van der Waals surface area contributed by atoms with Crippen molar-refractivity contribution in [1.82, 2.24) is 0 Å². The first-order chi connectivity index (χ1) is 18.3. The number of aryl methyl sites for hydroxylation is 1. The molecule has 2 aromatic carbocycles. The topological polar surface area (TPSA) is 88.1 Å². The molecule has 0 saturated heterocycles. The van der Waals surface area contributed by atoms with Crippen molar-refractivity contribution in [3.8, 4) is 11.5 Å². The molecule has 7 nitrogen and oxygen atoms in total. The van der Waals surface area contributed by atoms with E-state index in [9.17, 15) is 14.4 Å². The molecule has 0 aliphatic heterocycles. The lowest BCUT2D eigenvalue weighted by molar-refractivity contribution is -0.139. The zero-order valence-corrected chi connectivity index (χ0v) is 22.6. The SMILES string of the molecule is C=C(C)C(=O)OCCCCCCCCCOc1ccc(C(=O)Oc2ccc(C=CC(=O)OC)cc2C)cc1. The van der Waals surface area contributed by atoms with E-state index in [-0.39, 0.29) is 5.97 Å². The van der Waals surface area contributed by atoms with Gasteiger partial charge in [0.2, 0.25) is 0 Å². The second kappa shape index (κ2) is 16.8. The van der Waals surface area contributed by atoms with Crippen molar-refractivity contribution in [3.05, 3.63) is 77.4 Å². The van der Waals surface area contributed by atoms with E-state index in [4.69, 9.17) is 14.2 Å². The molecule has 0 heterocycles. The van der Waals surface area contributed by atoms with Gasteiger partial charge >= 0.3 is 17.9 Å². The van der Waals surface area contributed by atoms with E-state index in [1.54, 1.807) is 49.4 Å². The quantitative estimate of drug-likeness (QED) is 0.106. The molecule has 0 radical (unpaired) electrons. The number of unbranched alkanes of at least 4 members (excludes halogenated alkanes) is 6. The molecule has 0 fully saturated rings. The lowest BCUT2D eigenvalue weighted by atomic mass is 10.1. The molecule has 0 bridgehead atoms. The predicted molar refractivity (Wildman–Crippen MR) is 147 cm³/mol. The summed E-state index contributed by atoms with van der Waals surface area (Å²) in [5.74, 6) is -0.0362. The van der Waals surface area contributed by atoms with Gasteiger partial charge in [-0.2, -0.15) is 0 Å². The van der Waals surface area contributed by atoms with Crippen LogP contribution in [0, 0.1) is 6.92 Å². The molecule has 0 N–H and O–H groups in total. The van der Waals surface area contributed by atoms with Gasteiger partial charge in [0.05, 0.1) is 25.9 Å². The van der Waals surface area contributed by atoms with Gasteiger partial charge in [-0.25, -0.2) is 14.4 Å². The molecule has 2 aromatic rings. The first kappa shape index (κ1) is 30.4. The number of benzene rings is 2. The van der Waals surface area contributed by atoms with Crippen LogP contribution in [0.25, 0.3) is 6.08 Å². The Kier molecular flexibility index (Phi) is 13.4. The van der Waals surface area contributed by atoms with Gasteiger partial charge in [-0.3, -0.25) is 0 Å². The third kappa shape index (κ3) is 11.5. The lowest BCUT2D eigenvalue weighted by Gasteiger charge is -2.09. The normalized spacial score (nSPS) is 10.7. The van der Waals surface area contributed by atoms with Crippen LogP contribution in [0.15, 0.2) is 60.7 Å². The minimum Gasteiger partial charge on any atom is -0.494 e. The summed E-state index contributed by atoms with van der Waals surface area (Å²) in [6.45, 7) is 8.13. The minimum atomic E-state index is -0.452.